The third kappa shape index (κ3) is 3.01. The number of hydrogen-bond donors (Lipinski definition) is 1. The van der Waals surface area contributed by atoms with E-state index in [0.717, 1.165) is 33.3 Å². The molecule has 0 unspecified atom stereocenters. The van der Waals surface area contributed by atoms with Crippen LogP contribution in [-0.4, -0.2) is 20.5 Å². The first-order chi connectivity index (χ1) is 10.7. The van der Waals surface area contributed by atoms with E-state index < -0.39 is 0 Å². The van der Waals surface area contributed by atoms with Gasteiger partial charge in [-0.15, -0.1) is 0 Å². The second kappa shape index (κ2) is 6.27. The Hall–Kier alpha value is -2.21. The van der Waals surface area contributed by atoms with Crippen LogP contribution in [-0.2, 0) is 24.2 Å². The average molecular weight is 314 g/mol. The number of rotatable bonds is 5. The predicted octanol–water partition coefficient (Wildman–Crippen LogP) is 2.52. The fourth-order valence-corrected chi connectivity index (χ4v) is 3.20. The summed E-state index contributed by atoms with van der Waals surface area (Å²) < 4.78 is 1.85. The number of carbonyl (C=O) groups is 1. The Morgan fingerprint density at radius 1 is 1.32 bits per heavy atom. The van der Waals surface area contributed by atoms with E-state index in [-0.39, 0.29) is 5.91 Å². The topological polar surface area (TPSA) is 59.3 Å². The van der Waals surface area contributed by atoms with Crippen LogP contribution < -0.4 is 5.32 Å². The minimum atomic E-state index is 0.00601. The molecule has 22 heavy (non-hydrogen) atoms. The fraction of sp³-hybridized carbons (Fsp3) is 0.312. The Bertz CT molecular complexity index is 791. The van der Waals surface area contributed by atoms with Crippen LogP contribution in [0, 0.1) is 6.92 Å². The van der Waals surface area contributed by atoms with Gasteiger partial charge in [0, 0.05) is 0 Å². The molecule has 0 bridgehead atoms. The molecule has 0 radical (unpaired) electrons. The van der Waals surface area contributed by atoms with Gasteiger partial charge in [0.15, 0.2) is 0 Å². The summed E-state index contributed by atoms with van der Waals surface area (Å²) in [4.78, 5) is 17.5. The van der Waals surface area contributed by atoms with E-state index in [1.54, 1.807) is 11.3 Å². The number of aryl methyl sites for hydroxylation is 2. The van der Waals surface area contributed by atoms with Gasteiger partial charge in [-0.05, 0) is 18.9 Å². The van der Waals surface area contributed by atoms with Gasteiger partial charge in [-0.3, -0.25) is 4.79 Å². The molecule has 3 aromatic rings. The molecule has 0 fully saturated rings. The Morgan fingerprint density at radius 3 is 2.82 bits per heavy atom. The standard InChI is InChI=1S/C16H18N4OS/c1-3-15-19-20-13(11(2)18-16(20)22-15)10-17-14(21)9-12-7-5-4-6-8-12/h4-8H,3,9-10H2,1-2H3,(H,17,21). The fourth-order valence-electron chi connectivity index (χ4n) is 2.30. The zero-order valence-electron chi connectivity index (χ0n) is 12.7. The summed E-state index contributed by atoms with van der Waals surface area (Å²) in [7, 11) is 0. The van der Waals surface area contributed by atoms with Crippen LogP contribution in [0.3, 0.4) is 0 Å². The van der Waals surface area contributed by atoms with Crippen molar-refractivity contribution in [2.45, 2.75) is 33.2 Å². The molecule has 6 heteroatoms. The molecule has 0 aliphatic heterocycles. The van der Waals surface area contributed by atoms with Crippen molar-refractivity contribution in [3.8, 4) is 0 Å². The lowest BCUT2D eigenvalue weighted by Gasteiger charge is -2.05. The molecule has 0 aliphatic carbocycles. The highest BCUT2D eigenvalue weighted by atomic mass is 32.1. The van der Waals surface area contributed by atoms with E-state index in [1.807, 2.05) is 41.8 Å². The molecule has 3 rings (SSSR count). The van der Waals surface area contributed by atoms with Crippen molar-refractivity contribution in [3.05, 3.63) is 52.3 Å². The van der Waals surface area contributed by atoms with Gasteiger partial charge in [0.25, 0.3) is 0 Å². The van der Waals surface area contributed by atoms with Crippen molar-refractivity contribution in [2.75, 3.05) is 0 Å². The maximum Gasteiger partial charge on any atom is 0.224 e. The van der Waals surface area contributed by atoms with Crippen LogP contribution in [0.15, 0.2) is 30.3 Å². The van der Waals surface area contributed by atoms with Gasteiger partial charge >= 0.3 is 0 Å². The quantitative estimate of drug-likeness (QED) is 0.787. The summed E-state index contributed by atoms with van der Waals surface area (Å²) in [5.41, 5.74) is 2.88. The lowest BCUT2D eigenvalue weighted by atomic mass is 10.1. The zero-order valence-corrected chi connectivity index (χ0v) is 13.5. The molecule has 1 aromatic carbocycles. The maximum absolute atomic E-state index is 12.1. The molecule has 0 atom stereocenters. The molecule has 0 saturated heterocycles. The largest absolute Gasteiger partial charge is 0.350 e. The first-order valence-corrected chi connectivity index (χ1v) is 8.13. The van der Waals surface area contributed by atoms with Gasteiger partial charge in [0.1, 0.15) is 5.01 Å². The third-order valence-corrected chi connectivity index (χ3v) is 4.55. The molecule has 5 nitrogen and oxygen atoms in total. The number of amides is 1. The number of fused-ring (bicyclic) bond motifs is 1. The van der Waals surface area contributed by atoms with E-state index in [0.29, 0.717) is 13.0 Å². The normalized spacial score (nSPS) is 11.0. The van der Waals surface area contributed by atoms with Gasteiger partial charge < -0.3 is 5.32 Å². The lowest BCUT2D eigenvalue weighted by molar-refractivity contribution is -0.120. The number of nitrogens with one attached hydrogen (secondary N) is 1. The monoisotopic (exact) mass is 314 g/mol. The highest BCUT2D eigenvalue weighted by molar-refractivity contribution is 7.16. The summed E-state index contributed by atoms with van der Waals surface area (Å²) >= 11 is 1.60. The molecule has 1 N–H and O–H groups in total. The van der Waals surface area contributed by atoms with Crippen LogP contribution in [0.25, 0.3) is 4.96 Å². The molecular formula is C16H18N4OS. The van der Waals surface area contributed by atoms with Crippen molar-refractivity contribution < 1.29 is 4.79 Å². The van der Waals surface area contributed by atoms with Crippen LogP contribution >= 0.6 is 11.3 Å². The summed E-state index contributed by atoms with van der Waals surface area (Å²) in [6, 6.07) is 9.73. The minimum Gasteiger partial charge on any atom is -0.350 e. The smallest absolute Gasteiger partial charge is 0.224 e. The SMILES string of the molecule is CCc1nn2c(CNC(=O)Cc3ccccc3)c(C)nc2s1. The number of carbonyl (C=O) groups excluding carboxylic acids is 1. The minimum absolute atomic E-state index is 0.00601. The summed E-state index contributed by atoms with van der Waals surface area (Å²) in [6.07, 6.45) is 1.28. The predicted molar refractivity (Wildman–Crippen MR) is 87.0 cm³/mol. The highest BCUT2D eigenvalue weighted by Gasteiger charge is 2.14. The molecule has 0 saturated carbocycles. The van der Waals surface area contributed by atoms with Gasteiger partial charge in [0.05, 0.1) is 24.4 Å². The van der Waals surface area contributed by atoms with E-state index in [4.69, 9.17) is 0 Å². The zero-order chi connectivity index (χ0) is 15.5. The van der Waals surface area contributed by atoms with Crippen molar-refractivity contribution in [3.63, 3.8) is 0 Å². The second-order valence-electron chi connectivity index (χ2n) is 5.13. The lowest BCUT2D eigenvalue weighted by Crippen LogP contribution is -2.25. The second-order valence-corrected chi connectivity index (χ2v) is 6.17. The van der Waals surface area contributed by atoms with Gasteiger partial charge in [-0.2, -0.15) is 5.10 Å². The molecule has 2 aromatic heterocycles. The first-order valence-electron chi connectivity index (χ1n) is 7.32. The summed E-state index contributed by atoms with van der Waals surface area (Å²) in [6.45, 7) is 4.48. The third-order valence-electron chi connectivity index (χ3n) is 3.50. The Morgan fingerprint density at radius 2 is 2.09 bits per heavy atom. The molecular weight excluding hydrogens is 296 g/mol. The summed E-state index contributed by atoms with van der Waals surface area (Å²) in [5.74, 6) is 0.00601. The summed E-state index contributed by atoms with van der Waals surface area (Å²) in [5, 5.41) is 8.55. The van der Waals surface area contributed by atoms with E-state index in [2.05, 4.69) is 22.3 Å². The van der Waals surface area contributed by atoms with Crippen LogP contribution in [0.2, 0.25) is 0 Å². The van der Waals surface area contributed by atoms with Crippen molar-refractivity contribution in [2.24, 2.45) is 0 Å². The van der Waals surface area contributed by atoms with Crippen LogP contribution in [0.5, 0.6) is 0 Å². The maximum atomic E-state index is 12.1. The molecule has 114 valence electrons. The van der Waals surface area contributed by atoms with E-state index in [1.165, 1.54) is 0 Å². The Kier molecular flexibility index (Phi) is 4.20. The molecule has 0 aliphatic rings. The highest BCUT2D eigenvalue weighted by Crippen LogP contribution is 2.18. The van der Waals surface area contributed by atoms with Crippen LogP contribution in [0.4, 0.5) is 0 Å². The number of nitrogens with zero attached hydrogens (tertiary/aromatic N) is 3. The van der Waals surface area contributed by atoms with E-state index >= 15 is 0 Å². The van der Waals surface area contributed by atoms with Crippen molar-refractivity contribution in [1.82, 2.24) is 19.9 Å². The Balaban J connectivity index is 1.69. The van der Waals surface area contributed by atoms with Gasteiger partial charge in [0.2, 0.25) is 10.9 Å². The van der Waals surface area contributed by atoms with Crippen LogP contribution in [0.1, 0.15) is 28.9 Å². The first kappa shape index (κ1) is 14.7. The number of imidazole rings is 1. The molecule has 2 heterocycles. The van der Waals surface area contributed by atoms with Crippen molar-refractivity contribution in [1.29, 1.82) is 0 Å². The van der Waals surface area contributed by atoms with Gasteiger partial charge in [-0.25, -0.2) is 9.50 Å². The molecule has 0 spiro atoms. The average Bonchev–Trinajstić information content (AvgIpc) is 3.03. The van der Waals surface area contributed by atoms with E-state index in [9.17, 15) is 4.79 Å². The number of benzene rings is 1. The van der Waals surface area contributed by atoms with Gasteiger partial charge in [-0.1, -0.05) is 48.6 Å². The number of aromatic nitrogens is 3. The molecule has 1 amide bonds. The Labute approximate surface area is 133 Å². The van der Waals surface area contributed by atoms with Crippen molar-refractivity contribution >= 4 is 22.2 Å². The number of hydrogen-bond acceptors (Lipinski definition) is 4.